The summed E-state index contributed by atoms with van der Waals surface area (Å²) < 4.78 is 0. The largest absolute Gasteiger partial charge is 0.323 e. The van der Waals surface area contributed by atoms with Crippen LogP contribution in [-0.2, 0) is 6.42 Å². The molecule has 0 aliphatic rings. The number of rotatable bonds is 3. The van der Waals surface area contributed by atoms with Gasteiger partial charge in [0.25, 0.3) is 0 Å². The van der Waals surface area contributed by atoms with Gasteiger partial charge in [-0.15, -0.1) is 11.3 Å². The molecule has 1 atom stereocenters. The van der Waals surface area contributed by atoms with Crippen molar-refractivity contribution in [3.63, 3.8) is 0 Å². The molecule has 1 nitrogen and oxygen atoms in total. The van der Waals surface area contributed by atoms with E-state index in [4.69, 9.17) is 17.3 Å². The third-order valence-corrected chi connectivity index (χ3v) is 4.85. The number of hydrogen-bond acceptors (Lipinski definition) is 2. The monoisotopic (exact) mass is 279 g/mol. The summed E-state index contributed by atoms with van der Waals surface area (Å²) in [4.78, 5) is 1.09. The molecule has 0 saturated carbocycles. The van der Waals surface area contributed by atoms with Crippen molar-refractivity contribution in [2.24, 2.45) is 5.73 Å². The molecule has 0 aliphatic carbocycles. The van der Waals surface area contributed by atoms with Crippen molar-refractivity contribution in [1.82, 2.24) is 0 Å². The molecule has 0 saturated heterocycles. The van der Waals surface area contributed by atoms with E-state index in [9.17, 15) is 0 Å². The van der Waals surface area contributed by atoms with Crippen molar-refractivity contribution in [3.8, 4) is 0 Å². The fraction of sp³-hybridized carbons (Fsp3) is 0.333. The Morgan fingerprint density at radius 3 is 2.28 bits per heavy atom. The molecule has 1 aromatic carbocycles. The Hall–Kier alpha value is -0.830. The fourth-order valence-corrected chi connectivity index (χ4v) is 3.57. The molecule has 1 heterocycles. The van der Waals surface area contributed by atoms with E-state index in [1.165, 1.54) is 16.7 Å². The van der Waals surface area contributed by atoms with Gasteiger partial charge in [-0.1, -0.05) is 40.9 Å². The minimum absolute atomic E-state index is 0.0163. The molecule has 0 bridgehead atoms. The fourth-order valence-electron chi connectivity index (χ4n) is 2.23. The zero-order valence-corrected chi connectivity index (χ0v) is 12.5. The number of thiophene rings is 1. The van der Waals surface area contributed by atoms with E-state index in [1.807, 2.05) is 6.92 Å². The highest BCUT2D eigenvalue weighted by atomic mass is 35.5. The van der Waals surface area contributed by atoms with Crippen molar-refractivity contribution in [2.75, 3.05) is 0 Å². The summed E-state index contributed by atoms with van der Waals surface area (Å²) in [6.07, 6.45) is 0.836. The van der Waals surface area contributed by atoms with Crippen molar-refractivity contribution < 1.29 is 0 Å². The minimum Gasteiger partial charge on any atom is -0.323 e. The third-order valence-electron chi connectivity index (χ3n) is 3.00. The SMILES string of the molecule is Cc1cc(C)cc(CC(N)c2scc(C)c2Cl)c1. The van der Waals surface area contributed by atoms with Gasteiger partial charge in [0.1, 0.15) is 0 Å². The quantitative estimate of drug-likeness (QED) is 0.875. The number of aryl methyl sites for hydroxylation is 3. The summed E-state index contributed by atoms with van der Waals surface area (Å²) >= 11 is 7.92. The molecule has 3 heteroatoms. The van der Waals surface area contributed by atoms with Crippen LogP contribution in [-0.4, -0.2) is 0 Å². The molecule has 0 radical (unpaired) electrons. The van der Waals surface area contributed by atoms with E-state index in [0.29, 0.717) is 0 Å². The van der Waals surface area contributed by atoms with Gasteiger partial charge in [-0.05, 0) is 43.7 Å². The van der Waals surface area contributed by atoms with Crippen LogP contribution in [0.3, 0.4) is 0 Å². The second kappa shape index (κ2) is 5.43. The molecular weight excluding hydrogens is 262 g/mol. The number of benzene rings is 1. The maximum Gasteiger partial charge on any atom is 0.0590 e. The Balaban J connectivity index is 2.21. The zero-order valence-electron chi connectivity index (χ0n) is 11.0. The summed E-state index contributed by atoms with van der Waals surface area (Å²) in [5.74, 6) is 0. The van der Waals surface area contributed by atoms with Gasteiger partial charge in [-0.2, -0.15) is 0 Å². The highest BCUT2D eigenvalue weighted by Gasteiger charge is 2.14. The van der Waals surface area contributed by atoms with Crippen LogP contribution in [0.2, 0.25) is 5.02 Å². The second-order valence-corrected chi connectivity index (χ2v) is 6.19. The van der Waals surface area contributed by atoms with Gasteiger partial charge < -0.3 is 5.73 Å². The van der Waals surface area contributed by atoms with Crippen LogP contribution in [0.4, 0.5) is 0 Å². The van der Waals surface area contributed by atoms with Crippen LogP contribution >= 0.6 is 22.9 Å². The van der Waals surface area contributed by atoms with Crippen molar-refractivity contribution in [2.45, 2.75) is 33.2 Å². The first kappa shape index (κ1) is 13.6. The van der Waals surface area contributed by atoms with Crippen LogP contribution < -0.4 is 5.73 Å². The average molecular weight is 280 g/mol. The molecule has 0 amide bonds. The number of halogens is 1. The van der Waals surface area contributed by atoms with Gasteiger partial charge in [0.05, 0.1) is 5.02 Å². The highest BCUT2D eigenvalue weighted by Crippen LogP contribution is 2.32. The van der Waals surface area contributed by atoms with Crippen LogP contribution in [0.5, 0.6) is 0 Å². The molecule has 96 valence electrons. The summed E-state index contributed by atoms with van der Waals surface area (Å²) in [7, 11) is 0. The van der Waals surface area contributed by atoms with Crippen LogP contribution in [0, 0.1) is 20.8 Å². The lowest BCUT2D eigenvalue weighted by atomic mass is 10.0. The molecular formula is C15H18ClNS. The maximum atomic E-state index is 6.27. The van der Waals surface area contributed by atoms with E-state index in [2.05, 4.69) is 37.4 Å². The standard InChI is InChI=1S/C15H18ClNS/c1-9-4-10(2)6-12(5-9)7-13(17)15-14(16)11(3)8-18-15/h4-6,8,13H,7,17H2,1-3H3. The predicted octanol–water partition coefficient (Wildman–Crippen LogP) is 4.57. The first-order chi connectivity index (χ1) is 8.47. The highest BCUT2D eigenvalue weighted by molar-refractivity contribution is 7.10. The van der Waals surface area contributed by atoms with Crippen LogP contribution in [0.15, 0.2) is 23.6 Å². The minimum atomic E-state index is -0.0163. The smallest absolute Gasteiger partial charge is 0.0590 e. The average Bonchev–Trinajstić information content (AvgIpc) is 2.58. The van der Waals surface area contributed by atoms with E-state index >= 15 is 0 Å². The Labute approximate surface area is 118 Å². The summed E-state index contributed by atoms with van der Waals surface area (Å²) in [6.45, 7) is 6.25. The molecule has 2 aromatic rings. The van der Waals surface area contributed by atoms with Gasteiger partial charge in [0.2, 0.25) is 0 Å². The molecule has 0 spiro atoms. The van der Waals surface area contributed by atoms with E-state index in [0.717, 1.165) is 21.9 Å². The predicted molar refractivity (Wildman–Crippen MR) is 80.6 cm³/mol. The Morgan fingerprint density at radius 2 is 1.78 bits per heavy atom. The van der Waals surface area contributed by atoms with E-state index in [1.54, 1.807) is 11.3 Å². The Bertz CT molecular complexity index is 539. The van der Waals surface area contributed by atoms with Gasteiger partial charge in [-0.25, -0.2) is 0 Å². The second-order valence-electron chi connectivity index (χ2n) is 4.90. The summed E-state index contributed by atoms with van der Waals surface area (Å²) in [5.41, 5.74) is 11.2. The maximum absolute atomic E-state index is 6.27. The Morgan fingerprint density at radius 1 is 1.17 bits per heavy atom. The van der Waals surface area contributed by atoms with Crippen molar-refractivity contribution in [3.05, 3.63) is 55.7 Å². The molecule has 2 rings (SSSR count). The van der Waals surface area contributed by atoms with Crippen LogP contribution in [0.25, 0.3) is 0 Å². The molecule has 0 aliphatic heterocycles. The van der Waals surface area contributed by atoms with Gasteiger partial charge >= 0.3 is 0 Å². The van der Waals surface area contributed by atoms with Gasteiger partial charge in [0, 0.05) is 10.9 Å². The lowest BCUT2D eigenvalue weighted by molar-refractivity contribution is 0.735. The van der Waals surface area contributed by atoms with Crippen molar-refractivity contribution in [1.29, 1.82) is 0 Å². The number of nitrogens with two attached hydrogens (primary N) is 1. The third kappa shape index (κ3) is 2.94. The van der Waals surface area contributed by atoms with Gasteiger partial charge in [-0.3, -0.25) is 0 Å². The lowest BCUT2D eigenvalue weighted by Gasteiger charge is -2.12. The van der Waals surface area contributed by atoms with Crippen molar-refractivity contribution >= 4 is 22.9 Å². The van der Waals surface area contributed by atoms with Gasteiger partial charge in [0.15, 0.2) is 0 Å². The normalized spacial score (nSPS) is 12.7. The molecule has 2 N–H and O–H groups in total. The number of hydrogen-bond donors (Lipinski definition) is 1. The molecule has 1 aromatic heterocycles. The molecule has 0 fully saturated rings. The zero-order chi connectivity index (χ0) is 13.3. The van der Waals surface area contributed by atoms with E-state index < -0.39 is 0 Å². The van der Waals surface area contributed by atoms with E-state index in [-0.39, 0.29) is 6.04 Å². The first-order valence-corrected chi connectivity index (χ1v) is 7.29. The van der Waals surface area contributed by atoms with Crippen LogP contribution in [0.1, 0.15) is 33.2 Å². The molecule has 1 unspecified atom stereocenters. The summed E-state index contributed by atoms with van der Waals surface area (Å²) in [5, 5.41) is 2.90. The topological polar surface area (TPSA) is 26.0 Å². The summed E-state index contributed by atoms with van der Waals surface area (Å²) in [6, 6.07) is 6.55. The Kier molecular flexibility index (Phi) is 4.10. The first-order valence-electron chi connectivity index (χ1n) is 6.03. The lowest BCUT2D eigenvalue weighted by Crippen LogP contribution is -2.12. The molecule has 18 heavy (non-hydrogen) atoms.